The van der Waals surface area contributed by atoms with Crippen LogP contribution in [-0.4, -0.2) is 32.7 Å². The van der Waals surface area contributed by atoms with E-state index in [0.29, 0.717) is 16.1 Å². The molecule has 1 spiro atoms. The van der Waals surface area contributed by atoms with Crippen LogP contribution in [0.1, 0.15) is 51.0 Å². The summed E-state index contributed by atoms with van der Waals surface area (Å²) in [5, 5.41) is 9.15. The van der Waals surface area contributed by atoms with Gasteiger partial charge in [0.2, 0.25) is 5.95 Å². The number of fused-ring (bicyclic) bond motifs is 1. The van der Waals surface area contributed by atoms with Gasteiger partial charge in [-0.1, -0.05) is 49.2 Å². The monoisotopic (exact) mass is 442 g/mol. The summed E-state index contributed by atoms with van der Waals surface area (Å²) in [7, 11) is 0. The van der Waals surface area contributed by atoms with Crippen molar-refractivity contribution in [3.63, 3.8) is 0 Å². The number of anilines is 2. The van der Waals surface area contributed by atoms with Crippen LogP contribution in [0.2, 0.25) is 5.02 Å². The second-order valence-corrected chi connectivity index (χ2v) is 10.0. The van der Waals surface area contributed by atoms with E-state index in [4.69, 9.17) is 22.3 Å². The Morgan fingerprint density at radius 2 is 1.90 bits per heavy atom. The van der Waals surface area contributed by atoms with Gasteiger partial charge in [-0.15, -0.1) is 10.2 Å². The fraction of sp³-hybridized carbons (Fsp3) is 0.500. The summed E-state index contributed by atoms with van der Waals surface area (Å²) in [6.45, 7) is 4.17. The Morgan fingerprint density at radius 3 is 2.63 bits per heavy atom. The Hall–Kier alpha value is -1.99. The number of halogens is 1. The van der Waals surface area contributed by atoms with Crippen molar-refractivity contribution in [2.75, 3.05) is 23.7 Å². The molecule has 6 nitrogen and oxygen atoms in total. The summed E-state index contributed by atoms with van der Waals surface area (Å²) in [6, 6.07) is 4.06. The van der Waals surface area contributed by atoms with Crippen molar-refractivity contribution in [3.05, 3.63) is 35.2 Å². The lowest BCUT2D eigenvalue weighted by Crippen LogP contribution is -2.40. The molecule has 0 amide bonds. The van der Waals surface area contributed by atoms with Gasteiger partial charge in [-0.25, -0.2) is 9.38 Å². The summed E-state index contributed by atoms with van der Waals surface area (Å²) >= 11 is 8.08. The SMILES string of the molecule is CCc1ccc(Sc2cnc(N3CCC4(CCCC4)CC3)n3cnnc23)c(Cl)c1N. The number of aromatic nitrogens is 4. The zero-order valence-corrected chi connectivity index (χ0v) is 18.8. The predicted molar refractivity (Wildman–Crippen MR) is 122 cm³/mol. The third-order valence-electron chi connectivity index (χ3n) is 6.89. The Labute approximate surface area is 186 Å². The maximum absolute atomic E-state index is 6.55. The lowest BCUT2D eigenvalue weighted by Gasteiger charge is -2.39. The average molecular weight is 443 g/mol. The number of hydrogen-bond donors (Lipinski definition) is 1. The number of nitrogens with two attached hydrogens (primary N) is 1. The van der Waals surface area contributed by atoms with E-state index in [-0.39, 0.29) is 0 Å². The molecular formula is C22H27ClN6S. The van der Waals surface area contributed by atoms with Gasteiger partial charge in [-0.2, -0.15) is 0 Å². The van der Waals surface area contributed by atoms with Gasteiger partial charge in [0.25, 0.3) is 0 Å². The van der Waals surface area contributed by atoms with E-state index in [1.54, 1.807) is 6.33 Å². The normalized spacial score (nSPS) is 18.5. The van der Waals surface area contributed by atoms with E-state index in [9.17, 15) is 0 Å². The number of aryl methyl sites for hydroxylation is 1. The third kappa shape index (κ3) is 3.42. The number of nitrogens with zero attached hydrogens (tertiary/aromatic N) is 5. The number of piperidine rings is 1. The van der Waals surface area contributed by atoms with Gasteiger partial charge in [-0.3, -0.25) is 0 Å². The van der Waals surface area contributed by atoms with E-state index >= 15 is 0 Å². The first kappa shape index (κ1) is 19.9. The molecule has 8 heteroatoms. The molecule has 0 atom stereocenters. The molecule has 1 aliphatic carbocycles. The lowest BCUT2D eigenvalue weighted by molar-refractivity contribution is 0.225. The maximum Gasteiger partial charge on any atom is 0.212 e. The zero-order chi connectivity index (χ0) is 20.7. The molecule has 158 valence electrons. The number of hydrogen-bond acceptors (Lipinski definition) is 6. The molecule has 2 aliphatic rings. The molecule has 2 N–H and O–H groups in total. The van der Waals surface area contributed by atoms with Crippen LogP contribution in [0, 0.1) is 5.41 Å². The minimum atomic E-state index is 0.583. The van der Waals surface area contributed by atoms with Gasteiger partial charge >= 0.3 is 0 Å². The Bertz CT molecular complexity index is 1060. The Morgan fingerprint density at radius 1 is 1.13 bits per heavy atom. The molecule has 0 radical (unpaired) electrons. The molecule has 3 heterocycles. The topological polar surface area (TPSA) is 72.3 Å². The molecule has 2 aromatic heterocycles. The molecule has 1 saturated carbocycles. The number of rotatable bonds is 4. The summed E-state index contributed by atoms with van der Waals surface area (Å²) in [5.41, 5.74) is 9.32. The minimum absolute atomic E-state index is 0.583. The fourth-order valence-electron chi connectivity index (χ4n) is 5.02. The largest absolute Gasteiger partial charge is 0.397 e. The van der Waals surface area contributed by atoms with Gasteiger partial charge in [-0.05, 0) is 49.1 Å². The standard InChI is InChI=1S/C22H27ClN6S/c1-2-15-5-6-16(18(23)19(15)24)30-17-13-25-21(29-14-26-27-20(17)29)28-11-9-22(10-12-28)7-3-4-8-22/h5-6,13-14H,2-4,7-12,24H2,1H3. The van der Waals surface area contributed by atoms with Crippen molar-refractivity contribution < 1.29 is 0 Å². The molecular weight excluding hydrogens is 416 g/mol. The van der Waals surface area contributed by atoms with Gasteiger partial charge in [0.1, 0.15) is 6.33 Å². The summed E-state index contributed by atoms with van der Waals surface area (Å²) in [4.78, 5) is 9.03. The second kappa shape index (κ2) is 7.93. The molecule has 1 saturated heterocycles. The Balaban J connectivity index is 1.42. The van der Waals surface area contributed by atoms with E-state index in [1.165, 1.54) is 50.3 Å². The fourth-order valence-corrected chi connectivity index (χ4v) is 6.22. The van der Waals surface area contributed by atoms with E-state index in [1.807, 2.05) is 22.7 Å². The minimum Gasteiger partial charge on any atom is -0.397 e. The van der Waals surface area contributed by atoms with Crippen LogP contribution in [0.25, 0.3) is 5.65 Å². The summed E-state index contributed by atoms with van der Waals surface area (Å²) < 4.78 is 2.01. The van der Waals surface area contributed by atoms with Crippen LogP contribution in [-0.2, 0) is 6.42 Å². The van der Waals surface area contributed by atoms with Crippen LogP contribution in [0.15, 0.2) is 34.4 Å². The first-order valence-corrected chi connectivity index (χ1v) is 12.0. The van der Waals surface area contributed by atoms with Gasteiger partial charge in [0.05, 0.1) is 15.6 Å². The molecule has 3 aromatic rings. The third-order valence-corrected chi connectivity index (χ3v) is 8.47. The van der Waals surface area contributed by atoms with Crippen LogP contribution >= 0.6 is 23.4 Å². The summed E-state index contributed by atoms with van der Waals surface area (Å²) in [6.07, 6.45) is 12.6. The summed E-state index contributed by atoms with van der Waals surface area (Å²) in [5.74, 6) is 0.930. The highest BCUT2D eigenvalue weighted by Crippen LogP contribution is 2.46. The molecule has 0 unspecified atom stereocenters. The van der Waals surface area contributed by atoms with E-state index < -0.39 is 0 Å². The lowest BCUT2D eigenvalue weighted by atomic mass is 9.77. The van der Waals surface area contributed by atoms with Crippen LogP contribution in [0.4, 0.5) is 11.6 Å². The molecule has 5 rings (SSSR count). The highest BCUT2D eigenvalue weighted by molar-refractivity contribution is 7.99. The smallest absolute Gasteiger partial charge is 0.212 e. The molecule has 2 fully saturated rings. The van der Waals surface area contributed by atoms with Crippen molar-refractivity contribution >= 4 is 40.6 Å². The van der Waals surface area contributed by atoms with Crippen molar-refractivity contribution in [1.29, 1.82) is 0 Å². The molecule has 1 aromatic carbocycles. The highest BCUT2D eigenvalue weighted by atomic mass is 35.5. The van der Waals surface area contributed by atoms with Gasteiger partial charge in [0, 0.05) is 24.2 Å². The van der Waals surface area contributed by atoms with Gasteiger partial charge < -0.3 is 10.6 Å². The first-order valence-electron chi connectivity index (χ1n) is 10.8. The van der Waals surface area contributed by atoms with Crippen LogP contribution in [0.3, 0.4) is 0 Å². The van der Waals surface area contributed by atoms with Crippen molar-refractivity contribution in [1.82, 2.24) is 19.6 Å². The van der Waals surface area contributed by atoms with E-state index in [0.717, 1.165) is 46.5 Å². The quantitative estimate of drug-likeness (QED) is 0.557. The number of benzene rings is 1. The predicted octanol–water partition coefficient (Wildman–Crippen LogP) is 5.23. The molecule has 30 heavy (non-hydrogen) atoms. The number of nitrogen functional groups attached to an aromatic ring is 1. The van der Waals surface area contributed by atoms with Crippen LogP contribution in [0.5, 0.6) is 0 Å². The first-order chi connectivity index (χ1) is 14.6. The molecule has 1 aliphatic heterocycles. The van der Waals surface area contributed by atoms with Crippen molar-refractivity contribution in [3.8, 4) is 0 Å². The second-order valence-electron chi connectivity index (χ2n) is 8.55. The van der Waals surface area contributed by atoms with Crippen molar-refractivity contribution in [2.24, 2.45) is 5.41 Å². The maximum atomic E-state index is 6.55. The van der Waals surface area contributed by atoms with Crippen LogP contribution < -0.4 is 10.6 Å². The zero-order valence-electron chi connectivity index (χ0n) is 17.3. The van der Waals surface area contributed by atoms with Crippen molar-refractivity contribution in [2.45, 2.75) is 61.7 Å². The average Bonchev–Trinajstić information content (AvgIpc) is 3.43. The Kier molecular flexibility index (Phi) is 5.27. The highest BCUT2D eigenvalue weighted by Gasteiger charge is 2.37. The molecule has 0 bridgehead atoms. The van der Waals surface area contributed by atoms with Gasteiger partial charge in [0.15, 0.2) is 5.65 Å². The van der Waals surface area contributed by atoms with E-state index in [2.05, 4.69) is 22.0 Å².